The van der Waals surface area contributed by atoms with Gasteiger partial charge in [-0.1, -0.05) is 260 Å². The summed E-state index contributed by atoms with van der Waals surface area (Å²) in [5, 5.41) is 5.05. The number of benzene rings is 11. The van der Waals surface area contributed by atoms with Gasteiger partial charge in [-0.3, -0.25) is 0 Å². The summed E-state index contributed by atoms with van der Waals surface area (Å²) >= 11 is 1.83. The molecule has 0 N–H and O–H groups in total. The van der Waals surface area contributed by atoms with Gasteiger partial charge in [0.2, 0.25) is 0 Å². The molecule has 11 aromatic carbocycles. The van der Waals surface area contributed by atoms with Gasteiger partial charge in [0, 0.05) is 49.2 Å². The largest absolute Gasteiger partial charge is 0.455 e. The molecule has 1 unspecified atom stereocenters. The molecular formula is C85H82N2OSSi. The quantitative estimate of drug-likeness (QED) is 0.127. The van der Waals surface area contributed by atoms with Gasteiger partial charge in [0.1, 0.15) is 19.2 Å². The summed E-state index contributed by atoms with van der Waals surface area (Å²) in [6.07, 6.45) is 0. The highest BCUT2D eigenvalue weighted by Crippen LogP contribution is 2.64. The van der Waals surface area contributed by atoms with Crippen LogP contribution in [0.5, 0.6) is 0 Å². The molecule has 2 heterocycles. The summed E-state index contributed by atoms with van der Waals surface area (Å²) < 4.78 is 7.75. The van der Waals surface area contributed by atoms with Gasteiger partial charge in [0.25, 0.3) is 0 Å². The highest BCUT2D eigenvalue weighted by atomic mass is 32.2. The Hall–Kier alpha value is -8.61. The maximum Gasteiger partial charge on any atom is 0.145 e. The summed E-state index contributed by atoms with van der Waals surface area (Å²) in [6.45, 7) is 32.8. The van der Waals surface area contributed by atoms with E-state index in [2.05, 4.69) is 349 Å². The molecule has 1 aromatic heterocycles. The third-order valence-electron chi connectivity index (χ3n) is 19.4. The fraction of sp³-hybridized carbons (Fsp3) is 0.224. The van der Waals surface area contributed by atoms with Crippen LogP contribution in [0.25, 0.3) is 44.2 Å². The van der Waals surface area contributed by atoms with Crippen LogP contribution in [0.2, 0.25) is 13.1 Å². The maximum absolute atomic E-state index is 7.75. The molecule has 90 heavy (non-hydrogen) atoms. The van der Waals surface area contributed by atoms with Crippen molar-refractivity contribution in [1.29, 1.82) is 0 Å². The Morgan fingerprint density at radius 2 is 0.767 bits per heavy atom. The standard InChI is InChI=1S/C85H82N2OSSi/c1-81(2,3)55-33-35-59(36-34-55)85(60-43-51-66(52-44-60)89-65-49-41-58(42-50-65)84(10,11)12)69-54-72(87(62-27-19-16-20-28-62)64-47-39-57(40-48-64)83(7,8)9)80-76(68-30-22-24-32-74(68)90(80,13)14)77(69)78-70(85)53-71(75-67-29-21-23-31-73(67)88-79(75)78)86(61-25-17-15-18-26-61)63-45-37-56(38-46-63)82(4,5)6/h15-54H,1-14H3. The average molecular weight is 1210 g/mol. The van der Waals surface area contributed by atoms with E-state index in [1.165, 1.54) is 87.0 Å². The molecule has 0 radical (unpaired) electrons. The van der Waals surface area contributed by atoms with E-state index in [1.54, 1.807) is 0 Å². The van der Waals surface area contributed by atoms with Gasteiger partial charge in [-0.05, 0) is 184 Å². The lowest BCUT2D eigenvalue weighted by atomic mass is 9.67. The molecule has 0 saturated heterocycles. The molecule has 2 aliphatic rings. The van der Waals surface area contributed by atoms with Crippen molar-refractivity contribution in [2.24, 2.45) is 0 Å². The van der Waals surface area contributed by atoms with Crippen molar-refractivity contribution in [2.45, 2.75) is 133 Å². The van der Waals surface area contributed by atoms with Gasteiger partial charge >= 0.3 is 0 Å². The van der Waals surface area contributed by atoms with Gasteiger partial charge in [-0.2, -0.15) is 0 Å². The van der Waals surface area contributed by atoms with Crippen molar-refractivity contribution in [1.82, 2.24) is 0 Å². The number of para-hydroxylation sites is 3. The topological polar surface area (TPSA) is 19.6 Å². The van der Waals surface area contributed by atoms with Gasteiger partial charge in [0.15, 0.2) is 0 Å². The second kappa shape index (κ2) is 21.5. The summed E-state index contributed by atoms with van der Waals surface area (Å²) in [5.74, 6) is 0. The van der Waals surface area contributed by atoms with Crippen LogP contribution in [-0.4, -0.2) is 8.07 Å². The third kappa shape index (κ3) is 9.78. The van der Waals surface area contributed by atoms with Gasteiger partial charge in [-0.25, -0.2) is 0 Å². The first-order valence-electron chi connectivity index (χ1n) is 32.1. The summed E-state index contributed by atoms with van der Waals surface area (Å²) in [7, 11) is -2.57. The first-order chi connectivity index (χ1) is 42.9. The zero-order valence-corrected chi connectivity index (χ0v) is 56.6. The number of hydrogen-bond donors (Lipinski definition) is 0. The van der Waals surface area contributed by atoms with E-state index in [1.807, 2.05) is 11.8 Å². The number of furan rings is 1. The number of fused-ring (bicyclic) bond motifs is 11. The molecule has 448 valence electrons. The number of nitrogens with zero attached hydrogens (tertiary/aromatic N) is 2. The smallest absolute Gasteiger partial charge is 0.145 e. The lowest BCUT2D eigenvalue weighted by molar-refractivity contribution is 0.589. The molecule has 0 bridgehead atoms. The molecule has 0 saturated carbocycles. The van der Waals surface area contributed by atoms with Crippen molar-refractivity contribution < 1.29 is 4.42 Å². The van der Waals surface area contributed by atoms with Crippen LogP contribution in [0, 0.1) is 0 Å². The van der Waals surface area contributed by atoms with E-state index in [9.17, 15) is 0 Å². The second-order valence-corrected chi connectivity index (χ2v) is 35.2. The minimum atomic E-state index is -2.57. The second-order valence-electron chi connectivity index (χ2n) is 29.8. The van der Waals surface area contributed by atoms with Crippen LogP contribution < -0.4 is 20.2 Å². The van der Waals surface area contributed by atoms with Crippen molar-refractivity contribution in [3.8, 4) is 22.3 Å². The highest BCUT2D eigenvalue weighted by Gasteiger charge is 2.54. The molecule has 0 spiro atoms. The Balaban J connectivity index is 1.17. The molecule has 12 aromatic rings. The van der Waals surface area contributed by atoms with E-state index in [-0.39, 0.29) is 21.7 Å². The summed E-state index contributed by atoms with van der Waals surface area (Å²) in [4.78, 5) is 7.49. The number of anilines is 6. The fourth-order valence-corrected chi connectivity index (χ4v) is 18.8. The van der Waals surface area contributed by atoms with Crippen LogP contribution in [0.1, 0.15) is 128 Å². The van der Waals surface area contributed by atoms with Crippen molar-refractivity contribution in [3.63, 3.8) is 0 Å². The molecule has 0 fully saturated rings. The Bertz CT molecular complexity index is 4690. The monoisotopic (exact) mass is 1210 g/mol. The highest BCUT2D eigenvalue weighted by molar-refractivity contribution is 7.99. The van der Waals surface area contributed by atoms with Crippen LogP contribution in [0.4, 0.5) is 34.1 Å². The van der Waals surface area contributed by atoms with E-state index in [0.29, 0.717) is 0 Å². The number of hydrogen-bond acceptors (Lipinski definition) is 4. The van der Waals surface area contributed by atoms with Gasteiger partial charge in [-0.15, -0.1) is 0 Å². The zero-order chi connectivity index (χ0) is 62.9. The third-order valence-corrected chi connectivity index (χ3v) is 24.0. The molecule has 0 amide bonds. The Kier molecular flexibility index (Phi) is 14.1. The molecule has 1 aliphatic carbocycles. The van der Waals surface area contributed by atoms with Crippen molar-refractivity contribution in [2.75, 3.05) is 9.80 Å². The molecule has 5 heteroatoms. The van der Waals surface area contributed by atoms with E-state index in [0.717, 1.165) is 55.9 Å². The minimum Gasteiger partial charge on any atom is -0.455 e. The van der Waals surface area contributed by atoms with Crippen LogP contribution in [0.3, 0.4) is 0 Å². The molecule has 3 nitrogen and oxygen atoms in total. The number of rotatable bonds is 10. The Morgan fingerprint density at radius 3 is 1.28 bits per heavy atom. The Morgan fingerprint density at radius 1 is 0.378 bits per heavy atom. The molecular weight excluding hydrogens is 1130 g/mol. The molecule has 14 rings (SSSR count). The van der Waals surface area contributed by atoms with Gasteiger partial charge < -0.3 is 14.2 Å². The summed E-state index contributed by atoms with van der Waals surface area (Å²) in [6, 6.07) is 92.7. The fourth-order valence-electron chi connectivity index (χ4n) is 14.6. The van der Waals surface area contributed by atoms with E-state index < -0.39 is 13.5 Å². The minimum absolute atomic E-state index is 0.0207. The SMILES string of the molecule is CC(C)(C)c1ccc(Sc2ccc(C3(c4ccc(C(C)(C)C)cc4)c4cc(N(c5ccccc5)c5ccc(C(C)(C)C)cc5)c5c(c4-c4c3cc(N(c3ccccc3)c3ccc(C(C)(C)C)cc3)c3c4oc4ccccc43)-c3ccccc3[Si]5(C)C)cc2)cc1. The van der Waals surface area contributed by atoms with Crippen LogP contribution in [0.15, 0.2) is 257 Å². The zero-order valence-electron chi connectivity index (χ0n) is 54.8. The van der Waals surface area contributed by atoms with Crippen LogP contribution in [-0.2, 0) is 27.1 Å². The predicted octanol–water partition coefficient (Wildman–Crippen LogP) is 23.0. The molecule has 1 aliphatic heterocycles. The lowest BCUT2D eigenvalue weighted by Gasteiger charge is -2.37. The van der Waals surface area contributed by atoms with Gasteiger partial charge in [0.05, 0.1) is 16.5 Å². The Labute approximate surface area is 539 Å². The first kappa shape index (κ1) is 59.0. The first-order valence-corrected chi connectivity index (χ1v) is 36.0. The van der Waals surface area contributed by atoms with Crippen molar-refractivity contribution >= 4 is 86.3 Å². The normalized spacial score (nSPS) is 15.2. The van der Waals surface area contributed by atoms with Crippen molar-refractivity contribution in [3.05, 3.63) is 287 Å². The predicted molar refractivity (Wildman–Crippen MR) is 388 cm³/mol. The molecule has 1 atom stereocenters. The maximum atomic E-state index is 7.75. The summed E-state index contributed by atoms with van der Waals surface area (Å²) in [5.41, 5.74) is 22.5. The van der Waals surface area contributed by atoms with Crippen LogP contribution >= 0.6 is 11.8 Å². The average Bonchev–Trinajstić information content (AvgIpc) is 1.39. The van der Waals surface area contributed by atoms with E-state index >= 15 is 0 Å². The lowest BCUT2D eigenvalue weighted by Crippen LogP contribution is -2.50. The van der Waals surface area contributed by atoms with E-state index in [4.69, 9.17) is 4.42 Å².